The highest BCUT2D eigenvalue weighted by Gasteiger charge is 2.19. The van der Waals surface area contributed by atoms with Crippen LogP contribution < -0.4 is 5.73 Å². The summed E-state index contributed by atoms with van der Waals surface area (Å²) in [6.45, 7) is 2.50. The quantitative estimate of drug-likeness (QED) is 0.372. The fourth-order valence-corrected chi connectivity index (χ4v) is 2.16. The van der Waals surface area contributed by atoms with E-state index in [-0.39, 0.29) is 18.3 Å². The van der Waals surface area contributed by atoms with Crippen LogP contribution in [0.4, 0.5) is 0 Å². The van der Waals surface area contributed by atoms with E-state index < -0.39 is 0 Å². The molecule has 0 aliphatic heterocycles. The molecule has 7 heteroatoms. The van der Waals surface area contributed by atoms with Crippen LogP contribution in [0.25, 0.3) is 0 Å². The van der Waals surface area contributed by atoms with E-state index in [1.165, 1.54) is 4.90 Å². The number of halogens is 2. The minimum absolute atomic E-state index is 0.0204. The van der Waals surface area contributed by atoms with Crippen molar-refractivity contribution in [3.05, 3.63) is 33.3 Å². The van der Waals surface area contributed by atoms with Gasteiger partial charge in [0, 0.05) is 11.0 Å². The summed E-state index contributed by atoms with van der Waals surface area (Å²) in [5, 5.41) is 11.8. The topological polar surface area (TPSA) is 78.9 Å². The summed E-state index contributed by atoms with van der Waals surface area (Å²) in [5.74, 6) is -0.271. The Hall–Kier alpha value is -1.27. The Bertz CT molecular complexity index is 494. The summed E-state index contributed by atoms with van der Waals surface area (Å²) >= 11 is 9.37. The van der Waals surface area contributed by atoms with Gasteiger partial charge in [0.1, 0.15) is 0 Å². The van der Waals surface area contributed by atoms with Gasteiger partial charge in [0.25, 0.3) is 5.91 Å². The highest BCUT2D eigenvalue weighted by molar-refractivity contribution is 9.10. The average Bonchev–Trinajstić information content (AvgIpc) is 2.40. The first-order valence-corrected chi connectivity index (χ1v) is 6.88. The molecule has 1 aromatic carbocycles. The van der Waals surface area contributed by atoms with Crippen LogP contribution >= 0.6 is 27.5 Å². The molecule has 0 bridgehead atoms. The van der Waals surface area contributed by atoms with Crippen LogP contribution in [0.3, 0.4) is 0 Å². The van der Waals surface area contributed by atoms with E-state index in [1.807, 2.05) is 6.92 Å². The molecule has 19 heavy (non-hydrogen) atoms. The zero-order valence-corrected chi connectivity index (χ0v) is 12.8. The summed E-state index contributed by atoms with van der Waals surface area (Å²) in [4.78, 5) is 13.9. The molecule has 1 rings (SSSR count). The Morgan fingerprint density at radius 3 is 2.84 bits per heavy atom. The second-order valence-corrected chi connectivity index (χ2v) is 5.15. The fraction of sp³-hybridized carbons (Fsp3) is 0.333. The molecule has 0 saturated heterocycles. The Labute approximate surface area is 125 Å². The number of benzene rings is 1. The van der Waals surface area contributed by atoms with Gasteiger partial charge in [-0.15, -0.1) is 0 Å². The summed E-state index contributed by atoms with van der Waals surface area (Å²) in [6, 6.07) is 5.13. The predicted molar refractivity (Wildman–Crippen MR) is 78.8 cm³/mol. The molecule has 3 N–H and O–H groups in total. The number of oxime groups is 1. The summed E-state index contributed by atoms with van der Waals surface area (Å²) in [5.41, 5.74) is 5.84. The van der Waals surface area contributed by atoms with E-state index in [0.717, 1.165) is 6.42 Å². The number of carbonyl (C=O) groups excluding carboxylic acids is 1. The zero-order valence-electron chi connectivity index (χ0n) is 10.4. The molecule has 0 fully saturated rings. The monoisotopic (exact) mass is 347 g/mol. The van der Waals surface area contributed by atoms with Gasteiger partial charge < -0.3 is 15.8 Å². The Morgan fingerprint density at radius 1 is 1.58 bits per heavy atom. The Morgan fingerprint density at radius 2 is 2.26 bits per heavy atom. The molecule has 0 aliphatic rings. The van der Waals surface area contributed by atoms with E-state index in [0.29, 0.717) is 21.6 Å². The van der Waals surface area contributed by atoms with Crippen LogP contribution in [0.5, 0.6) is 0 Å². The fourth-order valence-electron chi connectivity index (χ4n) is 1.59. The maximum atomic E-state index is 12.4. The van der Waals surface area contributed by atoms with E-state index >= 15 is 0 Å². The maximum absolute atomic E-state index is 12.4. The summed E-state index contributed by atoms with van der Waals surface area (Å²) in [6.07, 6.45) is 0.760. The lowest BCUT2D eigenvalue weighted by Gasteiger charge is -2.22. The molecule has 0 saturated carbocycles. The summed E-state index contributed by atoms with van der Waals surface area (Å²) < 4.78 is 0.653. The second-order valence-electron chi connectivity index (χ2n) is 3.92. The predicted octanol–water partition coefficient (Wildman–Crippen LogP) is 2.70. The van der Waals surface area contributed by atoms with Crippen LogP contribution in [-0.4, -0.2) is 34.9 Å². The van der Waals surface area contributed by atoms with Crippen LogP contribution in [-0.2, 0) is 0 Å². The van der Waals surface area contributed by atoms with Crippen molar-refractivity contribution in [1.82, 2.24) is 4.90 Å². The summed E-state index contributed by atoms with van der Waals surface area (Å²) in [7, 11) is 0. The lowest BCUT2D eigenvalue weighted by Crippen LogP contribution is -2.39. The zero-order chi connectivity index (χ0) is 14.4. The van der Waals surface area contributed by atoms with Crippen LogP contribution in [0.15, 0.2) is 27.8 Å². The third-order valence-electron chi connectivity index (χ3n) is 2.44. The lowest BCUT2D eigenvalue weighted by molar-refractivity contribution is 0.0778. The van der Waals surface area contributed by atoms with Gasteiger partial charge in [-0.25, -0.2) is 0 Å². The lowest BCUT2D eigenvalue weighted by atomic mass is 10.2. The molecule has 1 amide bonds. The molecule has 1 aromatic rings. The van der Waals surface area contributed by atoms with Crippen molar-refractivity contribution in [2.24, 2.45) is 10.9 Å². The largest absolute Gasteiger partial charge is 0.409 e. The van der Waals surface area contributed by atoms with Crippen molar-refractivity contribution in [3.63, 3.8) is 0 Å². The van der Waals surface area contributed by atoms with Gasteiger partial charge in [0.05, 0.1) is 17.1 Å². The van der Waals surface area contributed by atoms with Crippen LogP contribution in [0, 0.1) is 0 Å². The molecule has 0 radical (unpaired) electrons. The van der Waals surface area contributed by atoms with Crippen molar-refractivity contribution in [2.45, 2.75) is 13.3 Å². The first kappa shape index (κ1) is 15.8. The first-order chi connectivity index (χ1) is 9.01. The number of hydrogen-bond acceptors (Lipinski definition) is 3. The smallest absolute Gasteiger partial charge is 0.255 e. The molecule has 0 heterocycles. The molecule has 0 aliphatic carbocycles. The van der Waals surface area contributed by atoms with E-state index in [9.17, 15) is 4.79 Å². The van der Waals surface area contributed by atoms with Crippen LogP contribution in [0.1, 0.15) is 23.7 Å². The maximum Gasteiger partial charge on any atom is 0.255 e. The third kappa shape index (κ3) is 4.11. The SMILES string of the molecule is CCCN(C/C(N)=N/O)C(=O)c1cccc(Br)c1Cl. The minimum atomic E-state index is -0.250. The van der Waals surface area contributed by atoms with Gasteiger partial charge >= 0.3 is 0 Å². The van der Waals surface area contributed by atoms with E-state index in [1.54, 1.807) is 18.2 Å². The first-order valence-electron chi connectivity index (χ1n) is 5.71. The minimum Gasteiger partial charge on any atom is -0.409 e. The molecule has 0 atom stereocenters. The van der Waals surface area contributed by atoms with E-state index in [4.69, 9.17) is 22.5 Å². The van der Waals surface area contributed by atoms with Crippen molar-refractivity contribution in [3.8, 4) is 0 Å². The van der Waals surface area contributed by atoms with Gasteiger partial charge in [0.15, 0.2) is 5.84 Å². The number of carbonyl (C=O) groups is 1. The molecule has 5 nitrogen and oxygen atoms in total. The van der Waals surface area contributed by atoms with Gasteiger partial charge in [0.2, 0.25) is 0 Å². The highest BCUT2D eigenvalue weighted by atomic mass is 79.9. The van der Waals surface area contributed by atoms with Crippen molar-refractivity contribution >= 4 is 39.3 Å². The second kappa shape index (κ2) is 7.35. The van der Waals surface area contributed by atoms with Crippen molar-refractivity contribution in [2.75, 3.05) is 13.1 Å². The number of rotatable bonds is 5. The van der Waals surface area contributed by atoms with E-state index in [2.05, 4.69) is 21.1 Å². The normalized spacial score (nSPS) is 11.4. The molecule has 104 valence electrons. The highest BCUT2D eigenvalue weighted by Crippen LogP contribution is 2.26. The molecule has 0 aromatic heterocycles. The van der Waals surface area contributed by atoms with Crippen molar-refractivity contribution < 1.29 is 10.0 Å². The average molecular weight is 349 g/mol. The number of amides is 1. The molecular formula is C12H15BrClN3O2. The van der Waals surface area contributed by atoms with Gasteiger partial charge in [-0.2, -0.15) is 0 Å². The standard InChI is InChI=1S/C12H15BrClN3O2/c1-2-6-17(7-10(15)16-19)12(18)8-4-3-5-9(13)11(8)14/h3-5,19H,2,6-7H2,1H3,(H2,15,16). The number of hydrogen-bond donors (Lipinski definition) is 2. The number of amidine groups is 1. The third-order valence-corrected chi connectivity index (χ3v) is 3.74. The van der Waals surface area contributed by atoms with Crippen LogP contribution in [0.2, 0.25) is 5.02 Å². The Kier molecular flexibility index (Phi) is 6.11. The molecule has 0 unspecified atom stereocenters. The van der Waals surface area contributed by atoms with Crippen molar-refractivity contribution in [1.29, 1.82) is 0 Å². The van der Waals surface area contributed by atoms with Gasteiger partial charge in [-0.05, 0) is 34.5 Å². The Balaban J connectivity index is 3.02. The molecule has 0 spiro atoms. The molecular weight excluding hydrogens is 334 g/mol. The number of nitrogens with zero attached hydrogens (tertiary/aromatic N) is 2. The number of nitrogens with two attached hydrogens (primary N) is 1. The van der Waals surface area contributed by atoms with Gasteiger partial charge in [-0.3, -0.25) is 4.79 Å². The van der Waals surface area contributed by atoms with Gasteiger partial charge in [-0.1, -0.05) is 29.7 Å².